The van der Waals surface area contributed by atoms with Crippen LogP contribution in [0.3, 0.4) is 0 Å². The van der Waals surface area contributed by atoms with Crippen molar-refractivity contribution < 1.29 is 4.42 Å². The molecule has 1 aliphatic rings. The number of halogens is 1. The predicted molar refractivity (Wildman–Crippen MR) is 102 cm³/mol. The van der Waals surface area contributed by atoms with Crippen molar-refractivity contribution >= 4 is 15.9 Å². The van der Waals surface area contributed by atoms with Crippen molar-refractivity contribution in [3.8, 4) is 11.3 Å². The van der Waals surface area contributed by atoms with E-state index >= 15 is 0 Å². The zero-order valence-corrected chi connectivity index (χ0v) is 15.4. The molecule has 0 saturated carbocycles. The molecule has 0 spiro atoms. The summed E-state index contributed by atoms with van der Waals surface area (Å²) in [4.78, 5) is 6.76. The third kappa shape index (κ3) is 3.68. The smallest absolute Gasteiger partial charge is 0.209 e. The second kappa shape index (κ2) is 7.12. The summed E-state index contributed by atoms with van der Waals surface area (Å²) < 4.78 is 6.99. The van der Waals surface area contributed by atoms with Gasteiger partial charge in [0.1, 0.15) is 0 Å². The van der Waals surface area contributed by atoms with Gasteiger partial charge in [-0.2, -0.15) is 0 Å². The average Bonchev–Trinajstić information content (AvgIpc) is 3.23. The molecule has 0 amide bonds. The fourth-order valence-corrected chi connectivity index (χ4v) is 3.68. The van der Waals surface area contributed by atoms with Gasteiger partial charge in [0.2, 0.25) is 5.89 Å². The van der Waals surface area contributed by atoms with Gasteiger partial charge in [0.25, 0.3) is 0 Å². The van der Waals surface area contributed by atoms with Gasteiger partial charge >= 0.3 is 0 Å². The van der Waals surface area contributed by atoms with Gasteiger partial charge in [-0.1, -0.05) is 58.4 Å². The quantitative estimate of drug-likeness (QED) is 0.721. The highest BCUT2D eigenvalue weighted by atomic mass is 79.9. The minimum Gasteiger partial charge on any atom is -0.439 e. The minimum atomic E-state index is 0.142. The summed E-state index contributed by atoms with van der Waals surface area (Å²) in [6.07, 6.45) is 1.79. The van der Waals surface area contributed by atoms with Crippen molar-refractivity contribution in [1.82, 2.24) is 9.88 Å². The summed E-state index contributed by atoms with van der Waals surface area (Å²) in [5, 5.41) is 0. The molecule has 1 aliphatic heterocycles. The molecule has 0 unspecified atom stereocenters. The first-order chi connectivity index (χ1) is 12.2. The van der Waals surface area contributed by atoms with Crippen LogP contribution in [0.25, 0.3) is 11.3 Å². The second-order valence-corrected chi connectivity index (χ2v) is 7.42. The molecule has 4 nitrogen and oxygen atoms in total. The molecule has 3 aromatic rings. The van der Waals surface area contributed by atoms with Crippen molar-refractivity contribution in [2.75, 3.05) is 13.1 Å². The average molecular weight is 398 g/mol. The Kier molecular flexibility index (Phi) is 4.70. The van der Waals surface area contributed by atoms with Crippen LogP contribution in [0.15, 0.2) is 69.7 Å². The van der Waals surface area contributed by atoms with Gasteiger partial charge in [-0.3, -0.25) is 4.90 Å². The molecule has 2 N–H and O–H groups in total. The van der Waals surface area contributed by atoms with Gasteiger partial charge in [-0.15, -0.1) is 0 Å². The summed E-state index contributed by atoms with van der Waals surface area (Å²) in [5.41, 5.74) is 8.70. The van der Waals surface area contributed by atoms with E-state index < -0.39 is 0 Å². The molecule has 0 radical (unpaired) electrons. The SMILES string of the molecule is N[C@@H]1CN(Cc2ncc(-c3ccc(Br)cc3)o2)C[C@H]1c1ccccc1. The topological polar surface area (TPSA) is 55.3 Å². The van der Waals surface area contributed by atoms with Crippen LogP contribution in [-0.2, 0) is 6.54 Å². The molecule has 2 heterocycles. The molecule has 2 atom stereocenters. The lowest BCUT2D eigenvalue weighted by atomic mass is 9.95. The van der Waals surface area contributed by atoms with Crippen LogP contribution in [0.5, 0.6) is 0 Å². The molecule has 5 heteroatoms. The Bertz CT molecular complexity index is 832. The molecule has 4 rings (SSSR count). The largest absolute Gasteiger partial charge is 0.439 e. The molecule has 25 heavy (non-hydrogen) atoms. The van der Waals surface area contributed by atoms with Crippen molar-refractivity contribution in [3.05, 3.63) is 76.7 Å². The molecule has 0 bridgehead atoms. The van der Waals surface area contributed by atoms with E-state index in [-0.39, 0.29) is 6.04 Å². The van der Waals surface area contributed by atoms with Gasteiger partial charge in [0.05, 0.1) is 12.7 Å². The lowest BCUT2D eigenvalue weighted by molar-refractivity contribution is 0.287. The lowest BCUT2D eigenvalue weighted by Gasteiger charge is -2.14. The maximum absolute atomic E-state index is 6.37. The van der Waals surface area contributed by atoms with E-state index in [1.807, 2.05) is 30.3 Å². The molecular weight excluding hydrogens is 378 g/mol. The second-order valence-electron chi connectivity index (χ2n) is 6.50. The monoisotopic (exact) mass is 397 g/mol. The molecule has 1 fully saturated rings. The van der Waals surface area contributed by atoms with E-state index in [9.17, 15) is 0 Å². The normalized spacial score (nSPS) is 20.9. The Hall–Kier alpha value is -1.95. The zero-order chi connectivity index (χ0) is 17.2. The maximum atomic E-state index is 6.37. The highest BCUT2D eigenvalue weighted by molar-refractivity contribution is 9.10. The van der Waals surface area contributed by atoms with Gasteiger partial charge in [-0.05, 0) is 17.7 Å². The molecule has 1 aromatic heterocycles. The van der Waals surface area contributed by atoms with Gasteiger partial charge in [0.15, 0.2) is 5.76 Å². The number of nitrogens with two attached hydrogens (primary N) is 1. The number of oxazole rings is 1. The highest BCUT2D eigenvalue weighted by Gasteiger charge is 2.31. The van der Waals surface area contributed by atoms with E-state index in [4.69, 9.17) is 10.2 Å². The summed E-state index contributed by atoms with van der Waals surface area (Å²) >= 11 is 3.45. The molecule has 2 aromatic carbocycles. The number of hydrogen-bond acceptors (Lipinski definition) is 4. The maximum Gasteiger partial charge on any atom is 0.209 e. The number of benzene rings is 2. The third-order valence-electron chi connectivity index (χ3n) is 4.71. The fourth-order valence-electron chi connectivity index (χ4n) is 3.42. The number of hydrogen-bond donors (Lipinski definition) is 1. The highest BCUT2D eigenvalue weighted by Crippen LogP contribution is 2.28. The van der Waals surface area contributed by atoms with Gasteiger partial charge < -0.3 is 10.2 Å². The summed E-state index contributed by atoms with van der Waals surface area (Å²) in [7, 11) is 0. The Morgan fingerprint density at radius 1 is 1.08 bits per heavy atom. The predicted octanol–water partition coefficient (Wildman–Crippen LogP) is 4.03. The molecular formula is C20H20BrN3O. The Labute approximate surface area is 155 Å². The fraction of sp³-hybridized carbons (Fsp3) is 0.250. The summed E-state index contributed by atoms with van der Waals surface area (Å²) in [5.74, 6) is 1.89. The zero-order valence-electron chi connectivity index (χ0n) is 13.8. The van der Waals surface area contributed by atoms with Crippen LogP contribution in [0, 0.1) is 0 Å². The number of aromatic nitrogens is 1. The molecule has 128 valence electrons. The van der Waals surface area contributed by atoms with Crippen molar-refractivity contribution in [1.29, 1.82) is 0 Å². The van der Waals surface area contributed by atoms with Crippen LogP contribution in [0.4, 0.5) is 0 Å². The van der Waals surface area contributed by atoms with E-state index in [1.54, 1.807) is 6.20 Å². The van der Waals surface area contributed by atoms with Crippen LogP contribution in [-0.4, -0.2) is 29.0 Å². The van der Waals surface area contributed by atoms with Gasteiger partial charge in [-0.25, -0.2) is 4.98 Å². The van der Waals surface area contributed by atoms with Crippen LogP contribution in [0.2, 0.25) is 0 Å². The summed E-state index contributed by atoms with van der Waals surface area (Å²) in [6.45, 7) is 2.48. The number of likely N-dealkylation sites (tertiary alicyclic amines) is 1. The standard InChI is InChI=1S/C20H20BrN3O/c21-16-8-6-15(7-9-16)19-10-23-20(25-19)13-24-11-17(18(22)12-24)14-4-2-1-3-5-14/h1-10,17-18H,11-13,22H2/t17-,18+/m0/s1. The van der Waals surface area contributed by atoms with Crippen LogP contribution >= 0.6 is 15.9 Å². The Morgan fingerprint density at radius 2 is 1.84 bits per heavy atom. The van der Waals surface area contributed by atoms with E-state index in [1.165, 1.54) is 5.56 Å². The molecule has 1 saturated heterocycles. The summed E-state index contributed by atoms with van der Waals surface area (Å²) in [6, 6.07) is 18.7. The minimum absolute atomic E-state index is 0.142. The molecule has 0 aliphatic carbocycles. The lowest BCUT2D eigenvalue weighted by Crippen LogP contribution is -2.28. The van der Waals surface area contributed by atoms with Crippen molar-refractivity contribution in [2.45, 2.75) is 18.5 Å². The first kappa shape index (κ1) is 16.5. The van der Waals surface area contributed by atoms with E-state index in [2.05, 4.69) is 50.1 Å². The first-order valence-corrected chi connectivity index (χ1v) is 9.22. The third-order valence-corrected chi connectivity index (χ3v) is 5.24. The number of nitrogens with zero attached hydrogens (tertiary/aromatic N) is 2. The van der Waals surface area contributed by atoms with Crippen LogP contribution in [0.1, 0.15) is 17.4 Å². The van der Waals surface area contributed by atoms with Crippen molar-refractivity contribution in [2.24, 2.45) is 5.73 Å². The van der Waals surface area contributed by atoms with Crippen LogP contribution < -0.4 is 5.73 Å². The number of rotatable bonds is 4. The van der Waals surface area contributed by atoms with Gasteiger partial charge in [0, 0.05) is 35.1 Å². The van der Waals surface area contributed by atoms with E-state index in [0.29, 0.717) is 12.5 Å². The first-order valence-electron chi connectivity index (χ1n) is 8.42. The van der Waals surface area contributed by atoms with E-state index in [0.717, 1.165) is 34.8 Å². The Balaban J connectivity index is 1.44. The Morgan fingerprint density at radius 3 is 2.60 bits per heavy atom. The van der Waals surface area contributed by atoms with Crippen molar-refractivity contribution in [3.63, 3.8) is 0 Å².